The van der Waals surface area contributed by atoms with Crippen molar-refractivity contribution in [1.29, 1.82) is 0 Å². The van der Waals surface area contributed by atoms with E-state index >= 15 is 0 Å². The van der Waals surface area contributed by atoms with Gasteiger partial charge in [0.25, 0.3) is 0 Å². The fourth-order valence-electron chi connectivity index (χ4n) is 4.06. The smallest absolute Gasteiger partial charge is 0.438 e. The molecule has 1 aliphatic carbocycles. The molecule has 1 saturated heterocycles. The molecule has 1 heterocycles. The van der Waals surface area contributed by atoms with Crippen molar-refractivity contribution in [3.63, 3.8) is 0 Å². The lowest BCUT2D eigenvalue weighted by Crippen LogP contribution is -2.57. The summed E-state index contributed by atoms with van der Waals surface area (Å²) in [5.41, 5.74) is 1.49. The van der Waals surface area contributed by atoms with Gasteiger partial charge in [-0.1, -0.05) is 53.7 Å². The minimum atomic E-state index is -1.79. The zero-order chi connectivity index (χ0) is 24.0. The molecule has 2 atom stereocenters. The molecule has 0 aromatic carbocycles. The average molecular weight is 539 g/mol. The van der Waals surface area contributed by atoms with Gasteiger partial charge in [0.05, 0.1) is 17.1 Å². The monoisotopic (exact) mass is 538 g/mol. The second-order valence-electron chi connectivity index (χ2n) is 12.2. The minimum absolute atomic E-state index is 0.0709. The van der Waals surface area contributed by atoms with Crippen LogP contribution in [0, 0.1) is 22.2 Å². The molecule has 1 fully saturated rings. The summed E-state index contributed by atoms with van der Waals surface area (Å²) in [6, 6.07) is 0. The lowest BCUT2D eigenvalue weighted by Gasteiger charge is -2.58. The first-order chi connectivity index (χ1) is 13.8. The summed E-state index contributed by atoms with van der Waals surface area (Å²) in [4.78, 5) is 0. The fourth-order valence-corrected chi connectivity index (χ4v) is 23.0. The number of rotatable bonds is 8. The van der Waals surface area contributed by atoms with E-state index in [0.717, 1.165) is 31.0 Å². The molecule has 2 unspecified atom stereocenters. The molecule has 1 aliphatic heterocycles. The molecule has 2 aliphatic rings. The van der Waals surface area contributed by atoms with E-state index in [1.807, 2.05) is 0 Å². The van der Waals surface area contributed by atoms with Gasteiger partial charge in [-0.05, 0) is 68.5 Å². The molecule has 0 aromatic heterocycles. The standard InChI is InChI=1S/C21H42O3Si7/c1-16-14-15-21(7,20(5,6)19(16,3)4)17(2)18(22-29-26-25-27-29)28(23-30(8,9)10)24-31(11,12)13/h14-16H,1-13H3. The normalized spacial score (nSPS) is 29.5. The first-order valence-electron chi connectivity index (χ1n) is 11.3. The molecule has 0 N–H and O–H groups in total. The molecule has 0 aromatic rings. The van der Waals surface area contributed by atoms with Gasteiger partial charge >= 0.3 is 9.28 Å². The molecule has 10 heteroatoms. The second-order valence-corrected chi connectivity index (χ2v) is 38.1. The zero-order valence-electron chi connectivity index (χ0n) is 22.0. The molecule has 8 radical (unpaired) electrons. The zero-order valence-corrected chi connectivity index (χ0v) is 29.0. The predicted molar refractivity (Wildman–Crippen MR) is 145 cm³/mol. The lowest BCUT2D eigenvalue weighted by atomic mass is 9.46. The Morgan fingerprint density at radius 2 is 1.42 bits per heavy atom. The summed E-state index contributed by atoms with van der Waals surface area (Å²) in [5, 5.41) is 1.11. The summed E-state index contributed by atoms with van der Waals surface area (Å²) in [6.07, 6.45) is 4.90. The van der Waals surface area contributed by atoms with Gasteiger partial charge < -0.3 is 12.7 Å². The third-order valence-corrected chi connectivity index (χ3v) is 38.5. The van der Waals surface area contributed by atoms with E-state index in [9.17, 15) is 0 Å². The number of hydrogen-bond donors (Lipinski definition) is 0. The first kappa shape index (κ1) is 28.0. The van der Waals surface area contributed by atoms with Crippen LogP contribution in [0.25, 0.3) is 0 Å². The average Bonchev–Trinajstić information content (AvgIpc) is 2.53. The molecular weight excluding hydrogens is 497 g/mol. The first-order valence-corrected chi connectivity index (χ1v) is 27.8. The highest BCUT2D eigenvalue weighted by Crippen LogP contribution is 2.62. The molecular formula is C21H42O3Si7. The van der Waals surface area contributed by atoms with Crippen LogP contribution in [-0.2, 0) is 12.7 Å². The van der Waals surface area contributed by atoms with E-state index in [1.165, 1.54) is 5.57 Å². The molecule has 0 amide bonds. The summed E-state index contributed by atoms with van der Waals surface area (Å²) >= 11 is 0. The predicted octanol–water partition coefficient (Wildman–Crippen LogP) is 5.21. The van der Waals surface area contributed by atoms with Gasteiger partial charge in [-0.3, -0.25) is 0 Å². The molecule has 0 bridgehead atoms. The summed E-state index contributed by atoms with van der Waals surface area (Å²) in [5.74, 6) is 0.539. The van der Waals surface area contributed by atoms with Crippen molar-refractivity contribution in [3.05, 3.63) is 23.1 Å². The lowest BCUT2D eigenvalue weighted by molar-refractivity contribution is -0.0201. The maximum Gasteiger partial charge on any atom is 0.438 e. The van der Waals surface area contributed by atoms with Crippen LogP contribution in [0.1, 0.15) is 48.5 Å². The summed E-state index contributed by atoms with van der Waals surface area (Å²) in [6.45, 7) is 30.5. The minimum Gasteiger partial charge on any atom is -0.553 e. The van der Waals surface area contributed by atoms with E-state index in [0.29, 0.717) is 5.92 Å². The van der Waals surface area contributed by atoms with Crippen molar-refractivity contribution in [2.75, 3.05) is 0 Å². The Labute approximate surface area is 204 Å². The molecule has 31 heavy (non-hydrogen) atoms. The number of allylic oxidation sites excluding steroid dienone is 3. The molecule has 2 rings (SSSR count). The van der Waals surface area contributed by atoms with E-state index in [1.54, 1.807) is 0 Å². The van der Waals surface area contributed by atoms with E-state index in [2.05, 4.69) is 99.9 Å². The van der Waals surface area contributed by atoms with Crippen molar-refractivity contribution in [1.82, 2.24) is 0 Å². The van der Waals surface area contributed by atoms with Crippen LogP contribution in [0.3, 0.4) is 0 Å². The third-order valence-electron chi connectivity index (χ3n) is 7.42. The van der Waals surface area contributed by atoms with Crippen molar-refractivity contribution in [2.45, 2.75) is 87.7 Å². The van der Waals surface area contributed by atoms with Crippen LogP contribution >= 0.6 is 0 Å². The second kappa shape index (κ2) is 9.40. The highest BCUT2D eigenvalue weighted by molar-refractivity contribution is 7.80. The van der Waals surface area contributed by atoms with E-state index < -0.39 is 34.0 Å². The highest BCUT2D eigenvalue weighted by Gasteiger charge is 2.55. The van der Waals surface area contributed by atoms with Crippen LogP contribution in [0.2, 0.25) is 39.3 Å². The van der Waals surface area contributed by atoms with Gasteiger partial charge in [-0.25, -0.2) is 0 Å². The van der Waals surface area contributed by atoms with Crippen molar-refractivity contribution in [3.8, 4) is 0 Å². The fraction of sp³-hybridized carbons (Fsp3) is 0.810. The third kappa shape index (κ3) is 6.05. The Balaban J connectivity index is 2.66. The van der Waals surface area contributed by atoms with Crippen molar-refractivity contribution < 1.29 is 12.7 Å². The van der Waals surface area contributed by atoms with Crippen molar-refractivity contribution >= 4 is 59.7 Å². The summed E-state index contributed by atoms with van der Waals surface area (Å²) in [7, 11) is -2.77. The Morgan fingerprint density at radius 3 is 1.81 bits per heavy atom. The molecule has 0 spiro atoms. The molecule has 0 saturated carbocycles. The van der Waals surface area contributed by atoms with Gasteiger partial charge in [0, 0.05) is 14.0 Å². The quantitative estimate of drug-likeness (QED) is 0.241. The van der Waals surface area contributed by atoms with E-state index in [-0.39, 0.29) is 16.2 Å². The van der Waals surface area contributed by atoms with Crippen LogP contribution < -0.4 is 0 Å². The van der Waals surface area contributed by atoms with Crippen LogP contribution in [0.5, 0.6) is 0 Å². The number of hydrogen-bond acceptors (Lipinski definition) is 3. The Bertz CT molecular complexity index is 701. The highest BCUT2D eigenvalue weighted by atomic mass is 30.1. The van der Waals surface area contributed by atoms with Gasteiger partial charge in [0.2, 0.25) is 8.08 Å². The molecule has 3 nitrogen and oxygen atoms in total. The Hall–Kier alpha value is 0.718. The van der Waals surface area contributed by atoms with Gasteiger partial charge in [-0.2, -0.15) is 0 Å². The van der Waals surface area contributed by atoms with Gasteiger partial charge in [-0.15, -0.1) is 0 Å². The topological polar surface area (TPSA) is 27.7 Å². The Morgan fingerprint density at radius 1 is 0.935 bits per heavy atom. The van der Waals surface area contributed by atoms with Crippen molar-refractivity contribution in [2.24, 2.45) is 22.2 Å². The summed E-state index contributed by atoms with van der Waals surface area (Å²) < 4.78 is 20.6. The maximum atomic E-state index is 6.93. The van der Waals surface area contributed by atoms with E-state index in [4.69, 9.17) is 12.7 Å². The Kier molecular flexibility index (Phi) is 8.48. The molecule has 172 valence electrons. The van der Waals surface area contributed by atoms with Crippen LogP contribution in [-0.4, -0.2) is 59.7 Å². The van der Waals surface area contributed by atoms with Gasteiger partial charge in [0.1, 0.15) is 5.38 Å². The van der Waals surface area contributed by atoms with Crippen LogP contribution in [0.4, 0.5) is 0 Å². The van der Waals surface area contributed by atoms with Crippen LogP contribution in [0.15, 0.2) is 23.1 Å². The SMILES string of the molecule is CC(=C(O[Si]1[Si][Si][Si]1)[Si](O[Si](C)(C)C)O[Si](C)(C)C)C1(C)C=CC(C)C(C)(C)C1(C)C. The van der Waals surface area contributed by atoms with Gasteiger partial charge in [0.15, 0.2) is 16.6 Å². The maximum absolute atomic E-state index is 6.93. The largest absolute Gasteiger partial charge is 0.553 e.